The second kappa shape index (κ2) is 7.05. The van der Waals surface area contributed by atoms with Gasteiger partial charge in [0.1, 0.15) is 0 Å². The number of aryl methyl sites for hydroxylation is 1. The maximum atomic E-state index is 12.0. The van der Waals surface area contributed by atoms with Crippen LogP contribution in [-0.4, -0.2) is 24.9 Å². The molecule has 5 nitrogen and oxygen atoms in total. The van der Waals surface area contributed by atoms with Gasteiger partial charge in [0, 0.05) is 18.3 Å². The molecule has 1 rings (SSSR count). The number of nitrogens with two attached hydrogens (primary N) is 1. The summed E-state index contributed by atoms with van der Waals surface area (Å²) in [5.74, 6) is 0.0180. The van der Waals surface area contributed by atoms with E-state index in [2.05, 4.69) is 10.6 Å². The van der Waals surface area contributed by atoms with E-state index in [1.54, 1.807) is 25.2 Å². The highest BCUT2D eigenvalue weighted by Crippen LogP contribution is 2.17. The second-order valence-corrected chi connectivity index (χ2v) is 5.33. The minimum absolute atomic E-state index is 0.150. The first-order valence-electron chi connectivity index (χ1n) is 6.74. The molecule has 0 saturated heterocycles. The smallest absolute Gasteiger partial charge is 0.251 e. The quantitative estimate of drug-likeness (QED) is 0.765. The molecule has 0 aliphatic rings. The molecule has 0 unspecified atom stereocenters. The molecule has 0 fully saturated rings. The van der Waals surface area contributed by atoms with Crippen LogP contribution < -0.4 is 16.4 Å². The van der Waals surface area contributed by atoms with E-state index in [-0.39, 0.29) is 11.8 Å². The lowest BCUT2D eigenvalue weighted by atomic mass is 10.0. The van der Waals surface area contributed by atoms with Crippen molar-refractivity contribution in [3.63, 3.8) is 0 Å². The Hall–Kier alpha value is -1.88. The molecule has 0 spiro atoms. The maximum absolute atomic E-state index is 12.0. The van der Waals surface area contributed by atoms with Gasteiger partial charge in [0.25, 0.3) is 5.91 Å². The van der Waals surface area contributed by atoms with Gasteiger partial charge >= 0.3 is 0 Å². The van der Waals surface area contributed by atoms with Crippen molar-refractivity contribution in [2.24, 2.45) is 11.7 Å². The van der Waals surface area contributed by atoms with Crippen LogP contribution in [0.15, 0.2) is 18.2 Å². The Morgan fingerprint density at radius 3 is 2.45 bits per heavy atom. The van der Waals surface area contributed by atoms with E-state index < -0.39 is 6.04 Å². The zero-order valence-electron chi connectivity index (χ0n) is 12.5. The fourth-order valence-electron chi connectivity index (χ4n) is 1.93. The number of nitrogens with one attached hydrogen (secondary N) is 2. The van der Waals surface area contributed by atoms with Gasteiger partial charge in [0.2, 0.25) is 5.91 Å². The van der Waals surface area contributed by atoms with Gasteiger partial charge in [-0.05, 0) is 43.0 Å². The van der Waals surface area contributed by atoms with Crippen LogP contribution in [-0.2, 0) is 4.79 Å². The average molecular weight is 277 g/mol. The van der Waals surface area contributed by atoms with Gasteiger partial charge in [-0.3, -0.25) is 9.59 Å². The largest absolute Gasteiger partial charge is 0.355 e. The number of carbonyl (C=O) groups is 2. The summed E-state index contributed by atoms with van der Waals surface area (Å²) >= 11 is 0. The summed E-state index contributed by atoms with van der Waals surface area (Å²) < 4.78 is 0. The number of benzene rings is 1. The lowest BCUT2D eigenvalue weighted by Gasteiger charge is -2.15. The number of amides is 2. The number of rotatable bonds is 5. The van der Waals surface area contributed by atoms with Gasteiger partial charge in [-0.1, -0.05) is 13.8 Å². The molecule has 1 aromatic carbocycles. The average Bonchev–Trinajstić information content (AvgIpc) is 2.39. The van der Waals surface area contributed by atoms with E-state index in [1.807, 2.05) is 20.8 Å². The van der Waals surface area contributed by atoms with Crippen LogP contribution in [0.25, 0.3) is 0 Å². The van der Waals surface area contributed by atoms with Crippen LogP contribution in [0.1, 0.15) is 36.2 Å². The summed E-state index contributed by atoms with van der Waals surface area (Å²) in [5, 5.41) is 5.37. The molecule has 1 aromatic rings. The summed E-state index contributed by atoms with van der Waals surface area (Å²) in [5.41, 5.74) is 7.92. The molecule has 0 saturated carbocycles. The lowest BCUT2D eigenvalue weighted by Crippen LogP contribution is -2.36. The Balaban J connectivity index is 2.78. The van der Waals surface area contributed by atoms with Crippen molar-refractivity contribution in [1.82, 2.24) is 5.32 Å². The monoisotopic (exact) mass is 277 g/mol. The van der Waals surface area contributed by atoms with Gasteiger partial charge in [0.15, 0.2) is 0 Å². The number of carbonyl (C=O) groups excluding carboxylic acids is 2. The molecule has 4 N–H and O–H groups in total. The molecule has 2 amide bonds. The Morgan fingerprint density at radius 1 is 1.30 bits per heavy atom. The van der Waals surface area contributed by atoms with E-state index in [0.29, 0.717) is 23.6 Å². The van der Waals surface area contributed by atoms with Crippen molar-refractivity contribution < 1.29 is 9.59 Å². The van der Waals surface area contributed by atoms with Crippen molar-refractivity contribution in [2.75, 3.05) is 12.4 Å². The van der Waals surface area contributed by atoms with Gasteiger partial charge in [-0.25, -0.2) is 0 Å². The normalized spacial score (nSPS) is 12.1. The van der Waals surface area contributed by atoms with Crippen molar-refractivity contribution in [3.8, 4) is 0 Å². The van der Waals surface area contributed by atoms with Gasteiger partial charge in [-0.15, -0.1) is 0 Å². The standard InChI is InChI=1S/C15H23N3O2/c1-9(2)7-12(16)15(20)18-13-6-5-11(8-10(13)3)14(19)17-4/h5-6,8-9,12H,7,16H2,1-4H3,(H,17,19)(H,18,20)/t12-/m1/s1. The van der Waals surface area contributed by atoms with E-state index in [0.717, 1.165) is 5.56 Å². The fourth-order valence-corrected chi connectivity index (χ4v) is 1.93. The molecule has 1 atom stereocenters. The molecule has 110 valence electrons. The van der Waals surface area contributed by atoms with Crippen LogP contribution in [0.2, 0.25) is 0 Å². The van der Waals surface area contributed by atoms with Crippen LogP contribution in [0.5, 0.6) is 0 Å². The molecule has 20 heavy (non-hydrogen) atoms. The zero-order chi connectivity index (χ0) is 15.3. The molecule has 0 bridgehead atoms. The zero-order valence-corrected chi connectivity index (χ0v) is 12.5. The molecule has 0 aliphatic carbocycles. The van der Waals surface area contributed by atoms with Crippen LogP contribution >= 0.6 is 0 Å². The number of anilines is 1. The Labute approximate surface area is 119 Å². The third-order valence-electron chi connectivity index (χ3n) is 3.04. The Kier molecular flexibility index (Phi) is 5.70. The molecular formula is C15H23N3O2. The summed E-state index contributed by atoms with van der Waals surface area (Å²) in [4.78, 5) is 23.5. The highest BCUT2D eigenvalue weighted by atomic mass is 16.2. The van der Waals surface area contributed by atoms with Gasteiger partial charge < -0.3 is 16.4 Å². The molecule has 0 aliphatic heterocycles. The molecule has 5 heteroatoms. The summed E-state index contributed by atoms with van der Waals surface area (Å²) in [6, 6.07) is 4.62. The summed E-state index contributed by atoms with van der Waals surface area (Å²) in [6.07, 6.45) is 0.640. The molecule has 0 heterocycles. The summed E-state index contributed by atoms with van der Waals surface area (Å²) in [7, 11) is 1.58. The SMILES string of the molecule is CNC(=O)c1ccc(NC(=O)[C@H](N)CC(C)C)c(C)c1. The first-order valence-corrected chi connectivity index (χ1v) is 6.74. The molecule has 0 aromatic heterocycles. The van der Waals surface area contributed by atoms with Crippen molar-refractivity contribution in [3.05, 3.63) is 29.3 Å². The number of hydrogen-bond acceptors (Lipinski definition) is 3. The molecular weight excluding hydrogens is 254 g/mol. The molecule has 0 radical (unpaired) electrons. The Morgan fingerprint density at radius 2 is 1.95 bits per heavy atom. The first-order chi connectivity index (χ1) is 9.35. The lowest BCUT2D eigenvalue weighted by molar-refractivity contribution is -0.117. The van der Waals surface area contributed by atoms with Crippen LogP contribution in [0.4, 0.5) is 5.69 Å². The van der Waals surface area contributed by atoms with Crippen molar-refractivity contribution in [1.29, 1.82) is 0 Å². The van der Waals surface area contributed by atoms with Crippen molar-refractivity contribution in [2.45, 2.75) is 33.2 Å². The second-order valence-electron chi connectivity index (χ2n) is 5.33. The van der Waals surface area contributed by atoms with E-state index in [1.165, 1.54) is 0 Å². The predicted octanol–water partition coefficient (Wildman–Crippen LogP) is 1.67. The first kappa shape index (κ1) is 16.2. The highest BCUT2D eigenvalue weighted by Gasteiger charge is 2.16. The maximum Gasteiger partial charge on any atom is 0.251 e. The fraction of sp³-hybridized carbons (Fsp3) is 0.467. The van der Waals surface area contributed by atoms with Crippen molar-refractivity contribution >= 4 is 17.5 Å². The minimum atomic E-state index is -0.520. The minimum Gasteiger partial charge on any atom is -0.355 e. The van der Waals surface area contributed by atoms with Crippen LogP contribution in [0.3, 0.4) is 0 Å². The number of hydrogen-bond donors (Lipinski definition) is 3. The topological polar surface area (TPSA) is 84.2 Å². The van der Waals surface area contributed by atoms with Crippen LogP contribution in [0, 0.1) is 12.8 Å². The predicted molar refractivity (Wildman–Crippen MR) is 80.6 cm³/mol. The highest BCUT2D eigenvalue weighted by molar-refractivity contribution is 5.97. The van der Waals surface area contributed by atoms with E-state index in [4.69, 9.17) is 5.73 Å². The third kappa shape index (κ3) is 4.35. The van der Waals surface area contributed by atoms with Gasteiger partial charge in [0.05, 0.1) is 6.04 Å². The Bertz CT molecular complexity index is 498. The van der Waals surface area contributed by atoms with E-state index in [9.17, 15) is 9.59 Å². The van der Waals surface area contributed by atoms with Gasteiger partial charge in [-0.2, -0.15) is 0 Å². The van der Waals surface area contributed by atoms with E-state index >= 15 is 0 Å². The third-order valence-corrected chi connectivity index (χ3v) is 3.04. The summed E-state index contributed by atoms with van der Waals surface area (Å²) in [6.45, 7) is 5.89.